The number of para-hydroxylation sites is 1. The van der Waals surface area contributed by atoms with Crippen molar-refractivity contribution in [1.82, 2.24) is 15.5 Å². The van der Waals surface area contributed by atoms with Crippen LogP contribution in [0.4, 0.5) is 0 Å². The standard InChI is InChI=1S/C18H24N4O3/c1-11-20-17(22-25-11)16(14-8-3-4-9-15(14)24-2)21-18(23)12-6-5-7-13(19)10-12/h3-4,8-9,12-13,16H,5-7,10,19H2,1-2H3,(H,21,23). The van der Waals surface area contributed by atoms with Crippen molar-refractivity contribution in [2.45, 2.75) is 44.7 Å². The molecule has 0 aliphatic heterocycles. The van der Waals surface area contributed by atoms with E-state index in [0.717, 1.165) is 24.8 Å². The maximum Gasteiger partial charge on any atom is 0.224 e. The molecule has 3 rings (SSSR count). The number of rotatable bonds is 5. The van der Waals surface area contributed by atoms with Crippen LogP contribution in [0.1, 0.15) is 49.0 Å². The van der Waals surface area contributed by atoms with Crippen molar-refractivity contribution in [3.8, 4) is 5.75 Å². The summed E-state index contributed by atoms with van der Waals surface area (Å²) in [4.78, 5) is 17.1. The Morgan fingerprint density at radius 3 is 2.88 bits per heavy atom. The van der Waals surface area contributed by atoms with Crippen LogP contribution in [0.5, 0.6) is 5.75 Å². The van der Waals surface area contributed by atoms with E-state index in [9.17, 15) is 4.79 Å². The van der Waals surface area contributed by atoms with Crippen LogP contribution >= 0.6 is 0 Å². The lowest BCUT2D eigenvalue weighted by Gasteiger charge is -2.27. The number of nitrogens with two attached hydrogens (primary N) is 1. The first-order valence-corrected chi connectivity index (χ1v) is 8.57. The Hall–Kier alpha value is -2.41. The Balaban J connectivity index is 1.88. The molecule has 7 heteroatoms. The second-order valence-corrected chi connectivity index (χ2v) is 6.48. The molecule has 1 saturated carbocycles. The predicted molar refractivity (Wildman–Crippen MR) is 91.9 cm³/mol. The summed E-state index contributed by atoms with van der Waals surface area (Å²) in [5.41, 5.74) is 6.82. The summed E-state index contributed by atoms with van der Waals surface area (Å²) in [6.07, 6.45) is 3.50. The minimum absolute atomic E-state index is 0.0338. The van der Waals surface area contributed by atoms with E-state index < -0.39 is 6.04 Å². The van der Waals surface area contributed by atoms with E-state index in [1.165, 1.54) is 0 Å². The molecule has 1 fully saturated rings. The van der Waals surface area contributed by atoms with Gasteiger partial charge in [-0.1, -0.05) is 29.8 Å². The third-order valence-corrected chi connectivity index (χ3v) is 4.62. The number of benzene rings is 1. The largest absolute Gasteiger partial charge is 0.496 e. The summed E-state index contributed by atoms with van der Waals surface area (Å²) >= 11 is 0. The molecule has 1 heterocycles. The lowest BCUT2D eigenvalue weighted by Crippen LogP contribution is -2.40. The first-order chi connectivity index (χ1) is 12.1. The van der Waals surface area contributed by atoms with Gasteiger partial charge in [-0.3, -0.25) is 4.79 Å². The smallest absolute Gasteiger partial charge is 0.224 e. The van der Waals surface area contributed by atoms with Gasteiger partial charge in [0.25, 0.3) is 0 Å². The average Bonchev–Trinajstić information content (AvgIpc) is 3.05. The zero-order valence-electron chi connectivity index (χ0n) is 14.6. The third-order valence-electron chi connectivity index (χ3n) is 4.62. The van der Waals surface area contributed by atoms with Crippen molar-refractivity contribution < 1.29 is 14.1 Å². The molecule has 134 valence electrons. The van der Waals surface area contributed by atoms with Gasteiger partial charge in [0.05, 0.1) is 7.11 Å². The number of amides is 1. The molecule has 3 unspecified atom stereocenters. The van der Waals surface area contributed by atoms with E-state index in [1.54, 1.807) is 14.0 Å². The normalized spacial score (nSPS) is 21.6. The Kier molecular flexibility index (Phi) is 5.33. The van der Waals surface area contributed by atoms with Crippen LogP contribution < -0.4 is 15.8 Å². The quantitative estimate of drug-likeness (QED) is 0.861. The van der Waals surface area contributed by atoms with Crippen LogP contribution in [0.2, 0.25) is 0 Å². The first-order valence-electron chi connectivity index (χ1n) is 8.57. The van der Waals surface area contributed by atoms with Gasteiger partial charge in [0.15, 0.2) is 5.82 Å². The molecule has 3 N–H and O–H groups in total. The van der Waals surface area contributed by atoms with Crippen LogP contribution in [0, 0.1) is 12.8 Å². The summed E-state index contributed by atoms with van der Waals surface area (Å²) in [5, 5.41) is 7.07. The Morgan fingerprint density at radius 2 is 2.20 bits per heavy atom. The monoisotopic (exact) mass is 344 g/mol. The van der Waals surface area contributed by atoms with Gasteiger partial charge in [-0.15, -0.1) is 0 Å². The molecule has 0 radical (unpaired) electrons. The second kappa shape index (κ2) is 7.65. The Bertz CT molecular complexity index is 731. The van der Waals surface area contributed by atoms with Crippen molar-refractivity contribution in [3.05, 3.63) is 41.5 Å². The molecule has 7 nitrogen and oxygen atoms in total. The van der Waals surface area contributed by atoms with Crippen LogP contribution in [0.3, 0.4) is 0 Å². The van der Waals surface area contributed by atoms with Crippen molar-refractivity contribution in [1.29, 1.82) is 0 Å². The Morgan fingerprint density at radius 1 is 1.40 bits per heavy atom. The molecule has 1 aromatic heterocycles. The van der Waals surface area contributed by atoms with Gasteiger partial charge >= 0.3 is 0 Å². The number of carbonyl (C=O) groups excluding carboxylic acids is 1. The van der Waals surface area contributed by atoms with Gasteiger partial charge in [0.1, 0.15) is 11.8 Å². The number of aromatic nitrogens is 2. The fraction of sp³-hybridized carbons (Fsp3) is 0.500. The molecular weight excluding hydrogens is 320 g/mol. The van der Waals surface area contributed by atoms with E-state index >= 15 is 0 Å². The van der Waals surface area contributed by atoms with Gasteiger partial charge in [-0.2, -0.15) is 4.98 Å². The van der Waals surface area contributed by atoms with Crippen molar-refractivity contribution in [2.75, 3.05) is 7.11 Å². The molecule has 1 aliphatic rings. The third kappa shape index (κ3) is 3.99. The lowest BCUT2D eigenvalue weighted by molar-refractivity contribution is -0.126. The van der Waals surface area contributed by atoms with E-state index in [2.05, 4.69) is 15.5 Å². The highest BCUT2D eigenvalue weighted by Gasteiger charge is 2.30. The number of hydrogen-bond acceptors (Lipinski definition) is 6. The van der Waals surface area contributed by atoms with Crippen molar-refractivity contribution >= 4 is 5.91 Å². The number of methoxy groups -OCH3 is 1. The fourth-order valence-electron chi connectivity index (χ4n) is 3.34. The number of ether oxygens (including phenoxy) is 1. The molecular formula is C18H24N4O3. The summed E-state index contributed by atoms with van der Waals surface area (Å²) < 4.78 is 10.6. The molecule has 1 aliphatic carbocycles. The number of hydrogen-bond donors (Lipinski definition) is 2. The van der Waals surface area contributed by atoms with Crippen molar-refractivity contribution in [3.63, 3.8) is 0 Å². The minimum Gasteiger partial charge on any atom is -0.496 e. The maximum atomic E-state index is 12.8. The molecule has 3 atom stereocenters. The first kappa shape index (κ1) is 17.4. The average molecular weight is 344 g/mol. The van der Waals surface area contributed by atoms with E-state index in [0.29, 0.717) is 23.9 Å². The molecule has 0 bridgehead atoms. The number of aryl methyl sites for hydroxylation is 1. The Labute approximate surface area is 146 Å². The van der Waals surface area contributed by atoms with Crippen LogP contribution in [-0.2, 0) is 4.79 Å². The highest BCUT2D eigenvalue weighted by atomic mass is 16.5. The SMILES string of the molecule is COc1ccccc1C(NC(=O)C1CCCC(N)C1)c1noc(C)n1. The van der Waals surface area contributed by atoms with Gasteiger partial charge < -0.3 is 20.3 Å². The summed E-state index contributed by atoms with van der Waals surface area (Å²) in [7, 11) is 1.60. The van der Waals surface area contributed by atoms with Crippen LogP contribution in [0.15, 0.2) is 28.8 Å². The summed E-state index contributed by atoms with van der Waals surface area (Å²) in [6, 6.07) is 7.06. The number of nitrogens with zero attached hydrogens (tertiary/aromatic N) is 2. The summed E-state index contributed by atoms with van der Waals surface area (Å²) in [5.74, 6) is 1.40. The molecule has 1 aromatic carbocycles. The number of nitrogens with one attached hydrogen (secondary N) is 1. The molecule has 0 spiro atoms. The molecule has 0 saturated heterocycles. The van der Waals surface area contributed by atoms with E-state index in [1.807, 2.05) is 24.3 Å². The molecule has 2 aromatic rings. The maximum absolute atomic E-state index is 12.8. The van der Waals surface area contributed by atoms with Crippen LogP contribution in [-0.4, -0.2) is 29.2 Å². The highest BCUT2D eigenvalue weighted by molar-refractivity contribution is 5.79. The second-order valence-electron chi connectivity index (χ2n) is 6.48. The van der Waals surface area contributed by atoms with Crippen LogP contribution in [0.25, 0.3) is 0 Å². The number of carbonyl (C=O) groups is 1. The fourth-order valence-corrected chi connectivity index (χ4v) is 3.34. The van der Waals surface area contributed by atoms with Crippen molar-refractivity contribution in [2.24, 2.45) is 11.7 Å². The molecule has 1 amide bonds. The predicted octanol–water partition coefficient (Wildman–Crippen LogP) is 2.11. The van der Waals surface area contributed by atoms with Gasteiger partial charge in [-0.25, -0.2) is 0 Å². The molecule has 25 heavy (non-hydrogen) atoms. The highest BCUT2D eigenvalue weighted by Crippen LogP contribution is 2.30. The topological polar surface area (TPSA) is 103 Å². The zero-order chi connectivity index (χ0) is 17.8. The van der Waals surface area contributed by atoms with Gasteiger partial charge in [-0.05, 0) is 25.3 Å². The van der Waals surface area contributed by atoms with E-state index in [4.69, 9.17) is 15.0 Å². The minimum atomic E-state index is -0.528. The van der Waals surface area contributed by atoms with Gasteiger partial charge in [0, 0.05) is 24.4 Å². The summed E-state index contributed by atoms with van der Waals surface area (Å²) in [6.45, 7) is 1.72. The van der Waals surface area contributed by atoms with E-state index in [-0.39, 0.29) is 17.9 Å². The van der Waals surface area contributed by atoms with Gasteiger partial charge in [0.2, 0.25) is 11.8 Å². The lowest BCUT2D eigenvalue weighted by atomic mass is 9.85. The zero-order valence-corrected chi connectivity index (χ0v) is 14.6.